The second kappa shape index (κ2) is 6.50. The Balaban J connectivity index is 2.29. The molecule has 0 aromatic carbocycles. The maximum Gasteiger partial charge on any atom is 0.141 e. The van der Waals surface area contributed by atoms with E-state index in [1.165, 1.54) is 15.8 Å². The van der Waals surface area contributed by atoms with Gasteiger partial charge in [0.05, 0.1) is 5.39 Å². The van der Waals surface area contributed by atoms with Crippen molar-refractivity contribution >= 4 is 27.4 Å². The average Bonchev–Trinajstić information content (AvgIpc) is 2.70. The first-order valence-corrected chi connectivity index (χ1v) is 8.05. The molecule has 0 radical (unpaired) electrons. The topological polar surface area (TPSA) is 41.0 Å². The van der Waals surface area contributed by atoms with E-state index in [9.17, 15) is 0 Å². The van der Waals surface area contributed by atoms with Gasteiger partial charge in [-0.3, -0.25) is 0 Å². The fourth-order valence-electron chi connectivity index (χ4n) is 2.31. The van der Waals surface area contributed by atoms with E-state index >= 15 is 0 Å². The number of hydrogen-bond acceptors (Lipinski definition) is 5. The Morgan fingerprint density at radius 1 is 1.30 bits per heavy atom. The van der Waals surface area contributed by atoms with Crippen LogP contribution in [0, 0.1) is 13.8 Å². The van der Waals surface area contributed by atoms with Crippen molar-refractivity contribution in [2.45, 2.75) is 40.7 Å². The van der Waals surface area contributed by atoms with Crippen LogP contribution in [0.2, 0.25) is 0 Å². The molecule has 5 heteroatoms. The molecule has 0 bridgehead atoms. The Hall–Kier alpha value is -1.20. The summed E-state index contributed by atoms with van der Waals surface area (Å²) < 4.78 is 0. The van der Waals surface area contributed by atoms with E-state index in [1.807, 2.05) is 0 Å². The van der Waals surface area contributed by atoms with Gasteiger partial charge in [-0.2, -0.15) is 0 Å². The summed E-state index contributed by atoms with van der Waals surface area (Å²) in [5, 5.41) is 4.69. The predicted octanol–water partition coefficient (Wildman–Crippen LogP) is 3.13. The van der Waals surface area contributed by atoms with Crippen LogP contribution in [0.4, 0.5) is 5.82 Å². The number of aromatic nitrogens is 2. The molecular weight excluding hydrogens is 268 g/mol. The number of fused-ring (bicyclic) bond motifs is 1. The Morgan fingerprint density at radius 3 is 2.70 bits per heavy atom. The van der Waals surface area contributed by atoms with Crippen molar-refractivity contribution in [1.82, 2.24) is 15.3 Å². The van der Waals surface area contributed by atoms with Crippen molar-refractivity contribution in [3.05, 3.63) is 16.8 Å². The summed E-state index contributed by atoms with van der Waals surface area (Å²) in [5.41, 5.74) is 1.32. The number of nitrogens with one attached hydrogen (secondary N) is 1. The molecule has 2 aromatic heterocycles. The number of thiophene rings is 1. The van der Waals surface area contributed by atoms with E-state index in [2.05, 4.69) is 54.8 Å². The lowest BCUT2D eigenvalue weighted by Gasteiger charge is -2.23. The van der Waals surface area contributed by atoms with Gasteiger partial charge in [0, 0.05) is 30.6 Å². The molecule has 2 heterocycles. The minimum Gasteiger partial charge on any atom is -0.355 e. The molecule has 2 aromatic rings. The van der Waals surface area contributed by atoms with Gasteiger partial charge in [0.1, 0.15) is 17.0 Å². The fraction of sp³-hybridized carbons (Fsp3) is 0.600. The fourth-order valence-corrected chi connectivity index (χ4v) is 3.30. The molecule has 0 aliphatic heterocycles. The van der Waals surface area contributed by atoms with E-state index in [4.69, 9.17) is 0 Å². The van der Waals surface area contributed by atoms with Crippen molar-refractivity contribution in [2.24, 2.45) is 0 Å². The summed E-state index contributed by atoms with van der Waals surface area (Å²) in [6.45, 7) is 13.7. The van der Waals surface area contributed by atoms with Crippen LogP contribution in [0.1, 0.15) is 31.2 Å². The quantitative estimate of drug-likeness (QED) is 0.888. The molecule has 4 nitrogen and oxygen atoms in total. The Bertz CT molecular complexity index is 577. The van der Waals surface area contributed by atoms with Crippen molar-refractivity contribution in [2.75, 3.05) is 24.5 Å². The van der Waals surface area contributed by atoms with Crippen LogP contribution in [0.25, 0.3) is 10.2 Å². The first-order chi connectivity index (χ1) is 9.54. The average molecular weight is 292 g/mol. The third-order valence-electron chi connectivity index (χ3n) is 3.56. The van der Waals surface area contributed by atoms with Gasteiger partial charge >= 0.3 is 0 Å². The van der Waals surface area contributed by atoms with E-state index in [0.29, 0.717) is 6.04 Å². The number of aryl methyl sites for hydroxylation is 2. The predicted molar refractivity (Wildman–Crippen MR) is 87.9 cm³/mol. The largest absolute Gasteiger partial charge is 0.355 e. The van der Waals surface area contributed by atoms with Gasteiger partial charge < -0.3 is 10.2 Å². The highest BCUT2D eigenvalue weighted by Crippen LogP contribution is 2.33. The number of likely N-dealkylation sites (N-methyl/N-ethyl adjacent to an activating group) is 1. The van der Waals surface area contributed by atoms with E-state index in [1.54, 1.807) is 17.7 Å². The molecule has 2 rings (SSSR count). The number of hydrogen-bond donors (Lipinski definition) is 1. The maximum atomic E-state index is 4.54. The number of rotatable bonds is 6. The maximum absolute atomic E-state index is 4.54. The molecule has 0 saturated carbocycles. The smallest absolute Gasteiger partial charge is 0.141 e. The van der Waals surface area contributed by atoms with Crippen molar-refractivity contribution in [1.29, 1.82) is 0 Å². The summed E-state index contributed by atoms with van der Waals surface area (Å²) in [5.74, 6) is 1.07. The Kier molecular flexibility index (Phi) is 4.94. The second-order valence-corrected chi connectivity index (χ2v) is 6.55. The van der Waals surface area contributed by atoms with Gasteiger partial charge in [-0.05, 0) is 26.3 Å². The zero-order valence-corrected chi connectivity index (χ0v) is 13.8. The van der Waals surface area contributed by atoms with Crippen LogP contribution in [0.15, 0.2) is 6.33 Å². The summed E-state index contributed by atoms with van der Waals surface area (Å²) in [6, 6.07) is 0.518. The second-order valence-electron chi connectivity index (χ2n) is 5.35. The van der Waals surface area contributed by atoms with Crippen molar-refractivity contribution < 1.29 is 0 Å². The number of anilines is 1. The molecule has 1 N–H and O–H groups in total. The highest BCUT2D eigenvalue weighted by molar-refractivity contribution is 7.18. The highest BCUT2D eigenvalue weighted by atomic mass is 32.1. The Labute approximate surface area is 125 Å². The first-order valence-electron chi connectivity index (χ1n) is 7.23. The monoisotopic (exact) mass is 292 g/mol. The molecule has 0 fully saturated rings. The SMILES string of the molecule is CCN(CCNC(C)C)c1ncnc2sc(C)c(C)c12. The third kappa shape index (κ3) is 3.10. The standard InChI is InChI=1S/C15H24N4S/c1-6-19(8-7-16-10(2)3)14-13-11(4)12(5)20-15(13)18-9-17-14/h9-10,16H,6-8H2,1-5H3. The normalized spacial score (nSPS) is 11.5. The van der Waals surface area contributed by atoms with Crippen molar-refractivity contribution in [3.63, 3.8) is 0 Å². The molecule has 0 aliphatic rings. The molecular formula is C15H24N4S. The molecule has 20 heavy (non-hydrogen) atoms. The lowest BCUT2D eigenvalue weighted by Crippen LogP contribution is -2.35. The lowest BCUT2D eigenvalue weighted by atomic mass is 10.2. The molecule has 0 aliphatic carbocycles. The van der Waals surface area contributed by atoms with Gasteiger partial charge in [-0.15, -0.1) is 11.3 Å². The zero-order chi connectivity index (χ0) is 14.7. The summed E-state index contributed by atoms with van der Waals surface area (Å²) in [7, 11) is 0. The molecule has 0 unspecified atom stereocenters. The van der Waals surface area contributed by atoms with E-state index in [0.717, 1.165) is 30.3 Å². The van der Waals surface area contributed by atoms with E-state index in [-0.39, 0.29) is 0 Å². The molecule has 0 amide bonds. The Morgan fingerprint density at radius 2 is 2.05 bits per heavy atom. The molecule has 0 atom stereocenters. The minimum absolute atomic E-state index is 0.518. The summed E-state index contributed by atoms with van der Waals surface area (Å²) in [6.07, 6.45) is 1.69. The molecule has 0 saturated heterocycles. The summed E-state index contributed by atoms with van der Waals surface area (Å²) in [4.78, 5) is 13.7. The van der Waals surface area contributed by atoms with Crippen LogP contribution in [0.5, 0.6) is 0 Å². The van der Waals surface area contributed by atoms with Gasteiger partial charge in [0.25, 0.3) is 0 Å². The van der Waals surface area contributed by atoms with Crippen LogP contribution in [0.3, 0.4) is 0 Å². The third-order valence-corrected chi connectivity index (χ3v) is 4.68. The van der Waals surface area contributed by atoms with Crippen molar-refractivity contribution in [3.8, 4) is 0 Å². The number of nitrogens with zero attached hydrogens (tertiary/aromatic N) is 3. The zero-order valence-electron chi connectivity index (χ0n) is 13.0. The van der Waals surface area contributed by atoms with Crippen LogP contribution in [-0.4, -0.2) is 35.6 Å². The minimum atomic E-state index is 0.518. The van der Waals surface area contributed by atoms with Crippen LogP contribution >= 0.6 is 11.3 Å². The highest BCUT2D eigenvalue weighted by Gasteiger charge is 2.16. The van der Waals surface area contributed by atoms with Gasteiger partial charge in [0.2, 0.25) is 0 Å². The van der Waals surface area contributed by atoms with Gasteiger partial charge in [-0.25, -0.2) is 9.97 Å². The van der Waals surface area contributed by atoms with Crippen LogP contribution < -0.4 is 10.2 Å². The van der Waals surface area contributed by atoms with Gasteiger partial charge in [0.15, 0.2) is 0 Å². The van der Waals surface area contributed by atoms with Crippen LogP contribution in [-0.2, 0) is 0 Å². The first kappa shape index (κ1) is 15.2. The van der Waals surface area contributed by atoms with E-state index < -0.39 is 0 Å². The van der Waals surface area contributed by atoms with Gasteiger partial charge in [-0.1, -0.05) is 13.8 Å². The summed E-state index contributed by atoms with van der Waals surface area (Å²) >= 11 is 1.76. The molecule has 0 spiro atoms. The molecule has 110 valence electrons. The lowest BCUT2D eigenvalue weighted by molar-refractivity contribution is 0.582.